The fourth-order valence-electron chi connectivity index (χ4n) is 3.11. The summed E-state index contributed by atoms with van der Waals surface area (Å²) in [5.74, 6) is -0.906. The number of carbonyl (C=O) groups excluding carboxylic acids is 2. The molecule has 3 rings (SSSR count). The number of halogens is 2. The van der Waals surface area contributed by atoms with Gasteiger partial charge in [-0.3, -0.25) is 9.59 Å². The lowest BCUT2D eigenvalue weighted by molar-refractivity contribution is -0.136. The molecule has 0 atom stereocenters. The predicted molar refractivity (Wildman–Crippen MR) is 134 cm³/mol. The van der Waals surface area contributed by atoms with E-state index in [0.717, 1.165) is 5.56 Å². The summed E-state index contributed by atoms with van der Waals surface area (Å²) in [4.78, 5) is 24.5. The molecule has 0 aliphatic heterocycles. The van der Waals surface area contributed by atoms with Gasteiger partial charge in [0.15, 0.2) is 11.5 Å². The molecule has 0 radical (unpaired) electrons. The van der Waals surface area contributed by atoms with E-state index in [-0.39, 0.29) is 6.61 Å². The number of nitrogens with one attached hydrogen (secondary N) is 2. The van der Waals surface area contributed by atoms with Gasteiger partial charge in [0.2, 0.25) is 0 Å². The summed E-state index contributed by atoms with van der Waals surface area (Å²) in [6.45, 7) is 2.05. The molecule has 0 heterocycles. The Kier molecular flexibility index (Phi) is 8.90. The zero-order chi connectivity index (χ0) is 24.5. The third-order valence-corrected chi connectivity index (χ3v) is 5.58. The topological polar surface area (TPSA) is 89.0 Å². The standard InChI is InChI=1S/C25H23Cl2N3O4/c1-3-16-8-4-5-12-21(16)29-24(31)25(32)30-28-14-17-9-6-13-22(33-2)23(17)34-15-18-19(26)10-7-11-20(18)27/h4-14H,3,15H2,1-2H3,(H,29,31)(H,30,32)/b28-14-. The van der Waals surface area contributed by atoms with Crippen molar-refractivity contribution in [1.29, 1.82) is 0 Å². The number of anilines is 1. The summed E-state index contributed by atoms with van der Waals surface area (Å²) in [5, 5.41) is 7.44. The van der Waals surface area contributed by atoms with Gasteiger partial charge in [-0.25, -0.2) is 5.43 Å². The summed E-state index contributed by atoms with van der Waals surface area (Å²) in [5.41, 5.74) is 4.86. The maximum Gasteiger partial charge on any atom is 0.329 e. The number of ether oxygens (including phenoxy) is 2. The largest absolute Gasteiger partial charge is 0.493 e. The average molecular weight is 500 g/mol. The van der Waals surface area contributed by atoms with Crippen LogP contribution in [0.3, 0.4) is 0 Å². The average Bonchev–Trinajstić information content (AvgIpc) is 2.84. The molecule has 34 heavy (non-hydrogen) atoms. The lowest BCUT2D eigenvalue weighted by atomic mass is 10.1. The monoisotopic (exact) mass is 499 g/mol. The van der Waals surface area contributed by atoms with Crippen LogP contribution in [0.5, 0.6) is 11.5 Å². The molecule has 176 valence electrons. The van der Waals surface area contributed by atoms with Crippen LogP contribution in [-0.4, -0.2) is 25.1 Å². The second-order valence-corrected chi connectivity index (χ2v) is 7.85. The number of benzene rings is 3. The maximum atomic E-state index is 12.2. The number of hydrogen-bond acceptors (Lipinski definition) is 5. The number of rotatable bonds is 8. The first kappa shape index (κ1) is 25.1. The van der Waals surface area contributed by atoms with Crippen LogP contribution in [0.2, 0.25) is 10.0 Å². The number of carbonyl (C=O) groups is 2. The second-order valence-electron chi connectivity index (χ2n) is 7.03. The van der Waals surface area contributed by atoms with Gasteiger partial charge >= 0.3 is 11.8 Å². The first-order valence-electron chi connectivity index (χ1n) is 10.4. The summed E-state index contributed by atoms with van der Waals surface area (Å²) in [6.07, 6.45) is 2.07. The Morgan fingerprint density at radius 1 is 0.971 bits per heavy atom. The SMILES string of the molecule is CCc1ccccc1NC(=O)C(=O)N/N=C\c1cccc(OC)c1OCc1c(Cl)cccc1Cl. The molecule has 0 unspecified atom stereocenters. The van der Waals surface area contributed by atoms with Crippen molar-refractivity contribution in [3.8, 4) is 11.5 Å². The maximum absolute atomic E-state index is 12.2. The van der Waals surface area contributed by atoms with Crippen LogP contribution in [0, 0.1) is 0 Å². The zero-order valence-corrected chi connectivity index (χ0v) is 20.1. The lowest BCUT2D eigenvalue weighted by Crippen LogP contribution is -2.32. The highest BCUT2D eigenvalue weighted by molar-refractivity contribution is 6.39. The first-order valence-corrected chi connectivity index (χ1v) is 11.1. The molecule has 0 saturated carbocycles. The molecular weight excluding hydrogens is 477 g/mol. The molecule has 9 heteroatoms. The number of amides is 2. The van der Waals surface area contributed by atoms with Crippen LogP contribution in [0.4, 0.5) is 5.69 Å². The zero-order valence-electron chi connectivity index (χ0n) is 18.6. The molecule has 7 nitrogen and oxygen atoms in total. The van der Waals surface area contributed by atoms with Crippen LogP contribution < -0.4 is 20.2 Å². The number of hydrogen-bond donors (Lipinski definition) is 2. The normalized spacial score (nSPS) is 10.7. The van der Waals surface area contributed by atoms with E-state index in [1.165, 1.54) is 13.3 Å². The molecular formula is C25H23Cl2N3O4. The Morgan fingerprint density at radius 2 is 1.68 bits per heavy atom. The van der Waals surface area contributed by atoms with Gasteiger partial charge in [0.05, 0.1) is 13.3 Å². The summed E-state index contributed by atoms with van der Waals surface area (Å²) in [7, 11) is 1.51. The predicted octanol–water partition coefficient (Wildman–Crippen LogP) is 5.23. The first-order chi connectivity index (χ1) is 16.4. The fraction of sp³-hybridized carbons (Fsp3) is 0.160. The number of nitrogens with zero attached hydrogens (tertiary/aromatic N) is 1. The lowest BCUT2D eigenvalue weighted by Gasteiger charge is -2.14. The molecule has 0 fully saturated rings. The molecule has 3 aromatic carbocycles. The minimum Gasteiger partial charge on any atom is -0.493 e. The molecule has 0 aromatic heterocycles. The van der Waals surface area contributed by atoms with E-state index in [4.69, 9.17) is 32.7 Å². The fourth-order valence-corrected chi connectivity index (χ4v) is 3.61. The Hall–Kier alpha value is -3.55. The summed E-state index contributed by atoms with van der Waals surface area (Å²) >= 11 is 12.5. The van der Waals surface area contributed by atoms with E-state index < -0.39 is 11.8 Å². The van der Waals surface area contributed by atoms with Gasteiger partial charge < -0.3 is 14.8 Å². The van der Waals surface area contributed by atoms with Crippen LogP contribution in [-0.2, 0) is 22.6 Å². The van der Waals surface area contributed by atoms with Crippen LogP contribution in [0.1, 0.15) is 23.6 Å². The third-order valence-electron chi connectivity index (χ3n) is 4.87. The third kappa shape index (κ3) is 6.27. The van der Waals surface area contributed by atoms with Crippen molar-refractivity contribution in [3.63, 3.8) is 0 Å². The van der Waals surface area contributed by atoms with Crippen molar-refractivity contribution in [2.75, 3.05) is 12.4 Å². The van der Waals surface area contributed by atoms with Crippen LogP contribution in [0.25, 0.3) is 0 Å². The second kappa shape index (κ2) is 12.1. The molecule has 0 aliphatic carbocycles. The van der Waals surface area contributed by atoms with E-state index in [1.807, 2.05) is 19.1 Å². The quantitative estimate of drug-likeness (QED) is 0.252. The van der Waals surface area contributed by atoms with Gasteiger partial charge in [-0.2, -0.15) is 5.10 Å². The Labute approximate surface area is 207 Å². The van der Waals surface area contributed by atoms with E-state index in [0.29, 0.717) is 44.8 Å². The smallest absolute Gasteiger partial charge is 0.329 e. The highest BCUT2D eigenvalue weighted by atomic mass is 35.5. The van der Waals surface area contributed by atoms with Gasteiger partial charge in [-0.1, -0.05) is 60.5 Å². The molecule has 0 saturated heterocycles. The number of methoxy groups -OCH3 is 1. The molecule has 0 aliphatic rings. The Balaban J connectivity index is 1.70. The number of hydrazone groups is 1. The van der Waals surface area contributed by atoms with Gasteiger partial charge in [0.25, 0.3) is 0 Å². The molecule has 0 spiro atoms. The van der Waals surface area contributed by atoms with Crippen molar-refractivity contribution >= 4 is 46.9 Å². The summed E-state index contributed by atoms with van der Waals surface area (Å²) < 4.78 is 11.3. The molecule has 2 N–H and O–H groups in total. The van der Waals surface area contributed by atoms with E-state index in [9.17, 15) is 9.59 Å². The van der Waals surface area contributed by atoms with Crippen molar-refractivity contribution < 1.29 is 19.1 Å². The van der Waals surface area contributed by atoms with E-state index in [2.05, 4.69) is 15.8 Å². The number of para-hydroxylation sites is 2. The van der Waals surface area contributed by atoms with Crippen LogP contribution in [0.15, 0.2) is 65.8 Å². The summed E-state index contributed by atoms with van der Waals surface area (Å²) in [6, 6.07) is 17.6. The molecule has 2 amide bonds. The van der Waals surface area contributed by atoms with Gasteiger partial charge in [0, 0.05) is 26.9 Å². The van der Waals surface area contributed by atoms with E-state index in [1.54, 1.807) is 48.5 Å². The highest BCUT2D eigenvalue weighted by Crippen LogP contribution is 2.33. The van der Waals surface area contributed by atoms with Gasteiger partial charge in [0.1, 0.15) is 6.61 Å². The van der Waals surface area contributed by atoms with Crippen molar-refractivity contribution in [2.45, 2.75) is 20.0 Å². The highest BCUT2D eigenvalue weighted by Gasteiger charge is 2.15. The van der Waals surface area contributed by atoms with E-state index >= 15 is 0 Å². The van der Waals surface area contributed by atoms with Crippen molar-refractivity contribution in [3.05, 3.63) is 87.4 Å². The molecule has 0 bridgehead atoms. The van der Waals surface area contributed by atoms with Crippen LogP contribution >= 0.6 is 23.2 Å². The molecule has 3 aromatic rings. The van der Waals surface area contributed by atoms with Crippen molar-refractivity contribution in [2.24, 2.45) is 5.10 Å². The Bertz CT molecular complexity index is 1190. The van der Waals surface area contributed by atoms with Gasteiger partial charge in [-0.05, 0) is 42.3 Å². The minimum atomic E-state index is -0.907. The van der Waals surface area contributed by atoms with Gasteiger partial charge in [-0.15, -0.1) is 0 Å². The van der Waals surface area contributed by atoms with Crippen molar-refractivity contribution in [1.82, 2.24) is 5.43 Å². The number of aryl methyl sites for hydroxylation is 1. The minimum absolute atomic E-state index is 0.0886. The Morgan fingerprint density at radius 3 is 2.38 bits per heavy atom.